The summed E-state index contributed by atoms with van der Waals surface area (Å²) in [6.07, 6.45) is 0. The van der Waals surface area contributed by atoms with Crippen LogP contribution in [0.3, 0.4) is 0 Å². The lowest BCUT2D eigenvalue weighted by Crippen LogP contribution is -2.53. The van der Waals surface area contributed by atoms with Gasteiger partial charge >= 0.3 is 0 Å². The second-order valence-electron chi connectivity index (χ2n) is 4.75. The second-order valence-corrected chi connectivity index (χ2v) is 5.42. The van der Waals surface area contributed by atoms with Crippen LogP contribution in [0.4, 0.5) is 5.82 Å². The van der Waals surface area contributed by atoms with E-state index in [0.29, 0.717) is 17.5 Å². The van der Waals surface area contributed by atoms with E-state index in [9.17, 15) is 0 Å². The summed E-state index contributed by atoms with van der Waals surface area (Å²) in [5.41, 5.74) is 0.677. The number of halogens is 2. The number of morpholine rings is 1. The minimum absolute atomic E-state index is 0.0529. The molecule has 0 aliphatic carbocycles. The van der Waals surface area contributed by atoms with Gasteiger partial charge in [-0.25, -0.2) is 4.98 Å². The van der Waals surface area contributed by atoms with Crippen LogP contribution >= 0.6 is 23.2 Å². The van der Waals surface area contributed by atoms with Gasteiger partial charge in [0, 0.05) is 6.54 Å². The largest absolute Gasteiger partial charge is 0.377 e. The van der Waals surface area contributed by atoms with Gasteiger partial charge in [-0.15, -0.1) is 11.6 Å². The van der Waals surface area contributed by atoms with E-state index in [0.717, 1.165) is 24.7 Å². The maximum Gasteiger partial charge on any atom is 0.129 e. The molecule has 0 N–H and O–H groups in total. The van der Waals surface area contributed by atoms with Crippen LogP contribution in [0, 0.1) is 0 Å². The summed E-state index contributed by atoms with van der Waals surface area (Å²) in [5.74, 6) is 1.25. The van der Waals surface area contributed by atoms with Crippen molar-refractivity contribution in [2.75, 3.05) is 24.7 Å². The molecule has 2 heterocycles. The van der Waals surface area contributed by atoms with Crippen LogP contribution in [-0.4, -0.2) is 30.3 Å². The van der Waals surface area contributed by atoms with E-state index in [-0.39, 0.29) is 5.54 Å². The van der Waals surface area contributed by atoms with Gasteiger partial charge in [-0.2, -0.15) is 0 Å². The minimum Gasteiger partial charge on any atom is -0.377 e. The third kappa shape index (κ3) is 2.67. The average molecular weight is 275 g/mol. The molecule has 0 unspecified atom stereocenters. The number of hydrogen-bond acceptors (Lipinski definition) is 3. The van der Waals surface area contributed by atoms with Gasteiger partial charge in [0.25, 0.3) is 0 Å². The van der Waals surface area contributed by atoms with Gasteiger partial charge in [0.05, 0.1) is 35.3 Å². The zero-order valence-corrected chi connectivity index (χ0v) is 11.6. The lowest BCUT2D eigenvalue weighted by Gasteiger charge is -2.43. The van der Waals surface area contributed by atoms with E-state index in [4.69, 9.17) is 27.9 Å². The first-order valence-electron chi connectivity index (χ1n) is 5.61. The first-order valence-corrected chi connectivity index (χ1v) is 6.52. The predicted octanol–water partition coefficient (Wildman–Crippen LogP) is 3.09. The number of nitrogens with zero attached hydrogens (tertiary/aromatic N) is 2. The highest BCUT2D eigenvalue weighted by Crippen LogP contribution is 2.27. The van der Waals surface area contributed by atoms with Gasteiger partial charge < -0.3 is 9.64 Å². The fraction of sp³-hybridized carbons (Fsp3) is 0.583. The smallest absolute Gasteiger partial charge is 0.129 e. The summed E-state index contributed by atoms with van der Waals surface area (Å²) in [6, 6.07) is 3.79. The molecule has 0 atom stereocenters. The monoisotopic (exact) mass is 274 g/mol. The molecule has 0 amide bonds. The Morgan fingerprint density at radius 2 is 2.24 bits per heavy atom. The molecular weight excluding hydrogens is 259 g/mol. The Hall–Kier alpha value is -0.510. The molecule has 1 saturated heterocycles. The molecule has 0 radical (unpaired) electrons. The number of anilines is 1. The quantitative estimate of drug-likeness (QED) is 0.775. The molecule has 17 heavy (non-hydrogen) atoms. The van der Waals surface area contributed by atoms with Crippen LogP contribution in [-0.2, 0) is 10.6 Å². The van der Waals surface area contributed by atoms with Crippen LogP contribution in [0.1, 0.15) is 19.5 Å². The number of ether oxygens (including phenoxy) is 1. The fourth-order valence-electron chi connectivity index (χ4n) is 2.00. The number of rotatable bonds is 2. The number of alkyl halides is 1. The lowest BCUT2D eigenvalue weighted by molar-refractivity contribution is 0.0639. The van der Waals surface area contributed by atoms with Crippen molar-refractivity contribution in [3.05, 3.63) is 22.8 Å². The highest BCUT2D eigenvalue weighted by molar-refractivity contribution is 6.32. The summed E-state index contributed by atoms with van der Waals surface area (Å²) in [5, 5.41) is 0.620. The molecule has 5 heteroatoms. The van der Waals surface area contributed by atoms with Gasteiger partial charge in [-0.1, -0.05) is 11.6 Å². The molecule has 0 aromatic carbocycles. The summed E-state index contributed by atoms with van der Waals surface area (Å²) >= 11 is 11.8. The van der Waals surface area contributed by atoms with Crippen molar-refractivity contribution in [3.63, 3.8) is 0 Å². The third-order valence-electron chi connectivity index (χ3n) is 2.95. The summed E-state index contributed by atoms with van der Waals surface area (Å²) in [7, 11) is 0. The Morgan fingerprint density at radius 3 is 2.88 bits per heavy atom. The van der Waals surface area contributed by atoms with Crippen LogP contribution < -0.4 is 4.90 Å². The Balaban J connectivity index is 2.32. The average Bonchev–Trinajstić information content (AvgIpc) is 2.30. The van der Waals surface area contributed by atoms with Crippen molar-refractivity contribution in [2.24, 2.45) is 0 Å². The standard InChI is InChI=1S/C12H16Cl2N2O/c1-12(2)8-17-6-5-16(12)11-4-3-9(14)10(7-13)15-11/h3-4H,5-8H2,1-2H3. The molecule has 1 aliphatic rings. The van der Waals surface area contributed by atoms with Crippen molar-refractivity contribution in [1.82, 2.24) is 4.98 Å². The molecule has 0 spiro atoms. The Morgan fingerprint density at radius 1 is 1.47 bits per heavy atom. The van der Waals surface area contributed by atoms with Crippen LogP contribution in [0.2, 0.25) is 5.02 Å². The second kappa shape index (κ2) is 5.01. The maximum atomic E-state index is 6.02. The van der Waals surface area contributed by atoms with Crippen molar-refractivity contribution < 1.29 is 4.74 Å². The van der Waals surface area contributed by atoms with E-state index < -0.39 is 0 Å². The number of aromatic nitrogens is 1. The number of pyridine rings is 1. The summed E-state index contributed by atoms with van der Waals surface area (Å²) in [4.78, 5) is 6.76. The maximum absolute atomic E-state index is 6.02. The van der Waals surface area contributed by atoms with Crippen LogP contribution in [0.15, 0.2) is 12.1 Å². The van der Waals surface area contributed by atoms with E-state index in [1.165, 1.54) is 0 Å². The minimum atomic E-state index is -0.0529. The van der Waals surface area contributed by atoms with Crippen LogP contribution in [0.25, 0.3) is 0 Å². The summed E-state index contributed by atoms with van der Waals surface area (Å²) < 4.78 is 5.50. The molecule has 1 aromatic heterocycles. The van der Waals surface area contributed by atoms with Crippen molar-refractivity contribution in [3.8, 4) is 0 Å². The molecule has 94 valence electrons. The Kier molecular flexibility index (Phi) is 3.81. The Bertz CT molecular complexity index is 409. The first-order chi connectivity index (χ1) is 8.04. The number of hydrogen-bond donors (Lipinski definition) is 0. The topological polar surface area (TPSA) is 25.4 Å². The highest BCUT2D eigenvalue weighted by atomic mass is 35.5. The predicted molar refractivity (Wildman–Crippen MR) is 71.0 cm³/mol. The highest BCUT2D eigenvalue weighted by Gasteiger charge is 2.31. The SMILES string of the molecule is CC1(C)COCCN1c1ccc(Cl)c(CCl)n1. The first kappa shape index (κ1) is 12.9. The molecule has 0 bridgehead atoms. The van der Waals surface area contributed by atoms with E-state index in [1.807, 2.05) is 12.1 Å². The molecule has 3 nitrogen and oxygen atoms in total. The molecule has 1 aromatic rings. The van der Waals surface area contributed by atoms with Gasteiger partial charge in [0.1, 0.15) is 5.82 Å². The normalized spacial score (nSPS) is 19.4. The summed E-state index contributed by atoms with van der Waals surface area (Å²) in [6.45, 7) is 6.55. The van der Waals surface area contributed by atoms with E-state index in [2.05, 4.69) is 23.7 Å². The molecular formula is C12H16Cl2N2O. The van der Waals surface area contributed by atoms with Crippen LogP contribution in [0.5, 0.6) is 0 Å². The lowest BCUT2D eigenvalue weighted by atomic mass is 10.0. The van der Waals surface area contributed by atoms with Gasteiger partial charge in [-0.05, 0) is 26.0 Å². The van der Waals surface area contributed by atoms with E-state index >= 15 is 0 Å². The molecule has 0 saturated carbocycles. The Labute approximate surface area is 112 Å². The van der Waals surface area contributed by atoms with Gasteiger partial charge in [0.15, 0.2) is 0 Å². The molecule has 1 fully saturated rings. The zero-order valence-electron chi connectivity index (χ0n) is 10.0. The van der Waals surface area contributed by atoms with E-state index in [1.54, 1.807) is 0 Å². The fourth-order valence-corrected chi connectivity index (χ4v) is 2.44. The van der Waals surface area contributed by atoms with Gasteiger partial charge in [-0.3, -0.25) is 0 Å². The zero-order chi connectivity index (χ0) is 12.5. The van der Waals surface area contributed by atoms with Gasteiger partial charge in [0.2, 0.25) is 0 Å². The molecule has 1 aliphatic heterocycles. The van der Waals surface area contributed by atoms with Crippen molar-refractivity contribution in [2.45, 2.75) is 25.3 Å². The van der Waals surface area contributed by atoms with Crippen molar-refractivity contribution >= 4 is 29.0 Å². The molecule has 2 rings (SSSR count). The third-order valence-corrected chi connectivity index (χ3v) is 3.55. The van der Waals surface area contributed by atoms with Crippen molar-refractivity contribution in [1.29, 1.82) is 0 Å².